The van der Waals surface area contributed by atoms with Gasteiger partial charge >= 0.3 is 5.97 Å². The van der Waals surface area contributed by atoms with Gasteiger partial charge in [0.1, 0.15) is 0 Å². The molecule has 0 amide bonds. The molecule has 20 heavy (non-hydrogen) atoms. The molecule has 5 heteroatoms. The molecule has 0 spiro atoms. The number of ether oxygens (including phenoxy) is 1. The van der Waals surface area contributed by atoms with Gasteiger partial charge < -0.3 is 13.5 Å². The van der Waals surface area contributed by atoms with Crippen molar-refractivity contribution in [2.75, 3.05) is 18.0 Å². The van der Waals surface area contributed by atoms with Crippen molar-refractivity contribution in [1.29, 1.82) is 0 Å². The van der Waals surface area contributed by atoms with E-state index in [1.165, 1.54) is 30.3 Å². The van der Waals surface area contributed by atoms with Crippen LogP contribution in [0.4, 0.5) is 5.69 Å². The highest BCUT2D eigenvalue weighted by molar-refractivity contribution is 8.00. The maximum atomic E-state index is 11.4. The number of para-hydroxylation sites is 1. The summed E-state index contributed by atoms with van der Waals surface area (Å²) in [5, 5.41) is 0.696. The second kappa shape index (κ2) is 5.63. The first-order valence-electron chi connectivity index (χ1n) is 6.49. The lowest BCUT2D eigenvalue weighted by molar-refractivity contribution is 0.0559. The van der Waals surface area contributed by atoms with Crippen LogP contribution in [0.3, 0.4) is 0 Å². The summed E-state index contributed by atoms with van der Waals surface area (Å²) in [6.45, 7) is 0.968. The molecule has 104 valence electrons. The fourth-order valence-electron chi connectivity index (χ4n) is 2.28. The molecule has 0 unspecified atom stereocenters. The highest BCUT2D eigenvalue weighted by Crippen LogP contribution is 2.35. The van der Waals surface area contributed by atoms with Crippen molar-refractivity contribution in [3.63, 3.8) is 0 Å². The van der Waals surface area contributed by atoms with Gasteiger partial charge in [-0.05, 0) is 36.6 Å². The molecule has 0 bridgehead atoms. The van der Waals surface area contributed by atoms with Crippen molar-refractivity contribution >= 4 is 23.6 Å². The van der Waals surface area contributed by atoms with Gasteiger partial charge in [-0.3, -0.25) is 0 Å². The Morgan fingerprint density at radius 3 is 3.00 bits per heavy atom. The van der Waals surface area contributed by atoms with Crippen LogP contribution in [0.5, 0.6) is 0 Å². The number of methoxy groups -OCH3 is 1. The third kappa shape index (κ3) is 2.54. The van der Waals surface area contributed by atoms with Crippen molar-refractivity contribution in [3.05, 3.63) is 47.7 Å². The monoisotopic (exact) mass is 289 g/mol. The van der Waals surface area contributed by atoms with Gasteiger partial charge in [-0.2, -0.15) is 0 Å². The Bertz CT molecular complexity index is 623. The number of hydrogen-bond acceptors (Lipinski definition) is 5. The lowest BCUT2D eigenvalue weighted by Crippen LogP contribution is -2.22. The largest absolute Gasteiger partial charge is 0.463 e. The molecule has 0 radical (unpaired) electrons. The zero-order valence-corrected chi connectivity index (χ0v) is 12.0. The summed E-state index contributed by atoms with van der Waals surface area (Å²) >= 11 is 1.51. The number of aryl methyl sites for hydroxylation is 1. The van der Waals surface area contributed by atoms with E-state index in [1.54, 1.807) is 12.1 Å². The molecule has 1 aromatic carbocycles. The number of nitrogens with zero attached hydrogens (tertiary/aromatic N) is 1. The first-order chi connectivity index (χ1) is 9.78. The van der Waals surface area contributed by atoms with Gasteiger partial charge in [0.2, 0.25) is 5.76 Å². The topological polar surface area (TPSA) is 42.7 Å². The van der Waals surface area contributed by atoms with E-state index in [0.29, 0.717) is 5.09 Å². The number of hydrogen-bond donors (Lipinski definition) is 0. The maximum absolute atomic E-state index is 11.4. The Hall–Kier alpha value is -1.88. The van der Waals surface area contributed by atoms with Gasteiger partial charge in [0.05, 0.1) is 12.8 Å². The smallest absolute Gasteiger partial charge is 0.374 e. The average molecular weight is 289 g/mol. The van der Waals surface area contributed by atoms with Crippen LogP contribution >= 0.6 is 11.9 Å². The number of anilines is 1. The van der Waals surface area contributed by atoms with Crippen LogP contribution in [0.1, 0.15) is 22.5 Å². The number of fused-ring (bicyclic) bond motifs is 1. The standard InChI is InChI=1S/C15H15NO3S/c1-18-15(17)13-8-9-14(19-13)20-16-10-4-6-11-5-2-3-7-12(11)16/h2-3,5,7-9H,4,6,10H2,1H3. The highest BCUT2D eigenvalue weighted by atomic mass is 32.2. The zero-order chi connectivity index (χ0) is 13.9. The molecule has 2 heterocycles. The van der Waals surface area contributed by atoms with Crippen LogP contribution in [0, 0.1) is 0 Å². The van der Waals surface area contributed by atoms with E-state index in [2.05, 4.69) is 27.2 Å². The second-order valence-corrected chi connectivity index (χ2v) is 5.56. The quantitative estimate of drug-likeness (QED) is 0.639. The fourth-order valence-corrected chi connectivity index (χ4v) is 3.25. The number of carbonyl (C=O) groups excluding carboxylic acids is 1. The van der Waals surface area contributed by atoms with Crippen LogP contribution in [0.15, 0.2) is 45.9 Å². The van der Waals surface area contributed by atoms with Crippen LogP contribution in [-0.2, 0) is 11.2 Å². The molecule has 4 nitrogen and oxygen atoms in total. The third-order valence-corrected chi connectivity index (χ3v) is 4.23. The summed E-state index contributed by atoms with van der Waals surface area (Å²) in [6.07, 6.45) is 2.23. The van der Waals surface area contributed by atoms with Gasteiger partial charge in [0, 0.05) is 18.5 Å². The summed E-state index contributed by atoms with van der Waals surface area (Å²) < 4.78 is 12.3. The minimum Gasteiger partial charge on any atom is -0.463 e. The Kier molecular flexibility index (Phi) is 3.69. The van der Waals surface area contributed by atoms with E-state index in [9.17, 15) is 4.79 Å². The predicted molar refractivity (Wildman–Crippen MR) is 78.0 cm³/mol. The lowest BCUT2D eigenvalue weighted by Gasteiger charge is -2.28. The van der Waals surface area contributed by atoms with E-state index in [1.807, 2.05) is 6.07 Å². The molecule has 1 aliphatic rings. The van der Waals surface area contributed by atoms with Crippen LogP contribution < -0.4 is 4.31 Å². The van der Waals surface area contributed by atoms with Crippen molar-refractivity contribution in [2.24, 2.45) is 0 Å². The molecule has 0 aliphatic carbocycles. The molecule has 1 aromatic heterocycles. The SMILES string of the molecule is COC(=O)c1ccc(SN2CCCc3ccccc32)o1. The molecule has 3 rings (SSSR count). The van der Waals surface area contributed by atoms with Crippen molar-refractivity contribution < 1.29 is 13.9 Å². The average Bonchev–Trinajstić information content (AvgIpc) is 2.95. The zero-order valence-electron chi connectivity index (χ0n) is 11.2. The Balaban J connectivity index is 1.79. The second-order valence-electron chi connectivity index (χ2n) is 4.54. The van der Waals surface area contributed by atoms with Gasteiger partial charge in [-0.15, -0.1) is 0 Å². The number of rotatable bonds is 3. The fraction of sp³-hybridized carbons (Fsp3) is 0.267. The first kappa shape index (κ1) is 13.1. The summed E-state index contributed by atoms with van der Waals surface area (Å²) in [7, 11) is 1.35. The van der Waals surface area contributed by atoms with Gasteiger partial charge in [0.25, 0.3) is 0 Å². The van der Waals surface area contributed by atoms with E-state index >= 15 is 0 Å². The molecule has 0 fully saturated rings. The number of benzene rings is 1. The molecule has 0 saturated heterocycles. The minimum absolute atomic E-state index is 0.236. The van der Waals surface area contributed by atoms with Gasteiger partial charge in [0.15, 0.2) is 5.09 Å². The maximum Gasteiger partial charge on any atom is 0.374 e. The van der Waals surface area contributed by atoms with E-state index in [0.717, 1.165) is 19.4 Å². The molecule has 0 atom stereocenters. The van der Waals surface area contributed by atoms with Crippen LogP contribution in [-0.4, -0.2) is 19.6 Å². The minimum atomic E-state index is -0.448. The molecule has 2 aromatic rings. The Morgan fingerprint density at radius 2 is 2.15 bits per heavy atom. The van der Waals surface area contributed by atoms with E-state index in [-0.39, 0.29) is 5.76 Å². The van der Waals surface area contributed by atoms with E-state index in [4.69, 9.17) is 4.42 Å². The number of esters is 1. The Morgan fingerprint density at radius 1 is 1.30 bits per heavy atom. The predicted octanol–water partition coefficient (Wildman–Crippen LogP) is 3.53. The summed E-state index contributed by atoms with van der Waals surface area (Å²) in [5.41, 5.74) is 2.57. The van der Waals surface area contributed by atoms with E-state index < -0.39 is 5.97 Å². The first-order valence-corrected chi connectivity index (χ1v) is 7.27. The molecular weight excluding hydrogens is 274 g/mol. The lowest BCUT2D eigenvalue weighted by atomic mass is 10.0. The summed E-state index contributed by atoms with van der Waals surface area (Å²) in [4.78, 5) is 11.4. The number of carbonyl (C=O) groups is 1. The molecule has 1 aliphatic heterocycles. The van der Waals surface area contributed by atoms with Gasteiger partial charge in [-0.25, -0.2) is 4.79 Å². The van der Waals surface area contributed by atoms with Crippen molar-refractivity contribution in [2.45, 2.75) is 17.9 Å². The summed E-state index contributed by atoms with van der Waals surface area (Å²) in [6, 6.07) is 11.8. The van der Waals surface area contributed by atoms with Crippen molar-refractivity contribution in [1.82, 2.24) is 0 Å². The Labute approximate surface area is 121 Å². The van der Waals surface area contributed by atoms with Gasteiger partial charge in [-0.1, -0.05) is 18.2 Å². The van der Waals surface area contributed by atoms with Crippen molar-refractivity contribution in [3.8, 4) is 0 Å². The number of furan rings is 1. The third-order valence-electron chi connectivity index (χ3n) is 3.24. The summed E-state index contributed by atoms with van der Waals surface area (Å²) in [5.74, 6) is -0.212. The molecule has 0 saturated carbocycles. The van der Waals surface area contributed by atoms with Crippen LogP contribution in [0.25, 0.3) is 0 Å². The highest BCUT2D eigenvalue weighted by Gasteiger charge is 2.19. The normalized spacial score (nSPS) is 13.9. The molecular formula is C15H15NO3S. The van der Waals surface area contributed by atoms with Crippen LogP contribution in [0.2, 0.25) is 0 Å². The molecule has 0 N–H and O–H groups in total.